The Morgan fingerprint density at radius 3 is 2.75 bits per heavy atom. The van der Waals surface area contributed by atoms with Crippen molar-refractivity contribution in [2.45, 2.75) is 30.6 Å². The molecule has 12 heavy (non-hydrogen) atoms. The minimum absolute atomic E-state index is 0.0972. The van der Waals surface area contributed by atoms with Gasteiger partial charge >= 0.3 is 0 Å². The van der Waals surface area contributed by atoms with Gasteiger partial charge in [0.15, 0.2) is 5.79 Å². The summed E-state index contributed by atoms with van der Waals surface area (Å²) in [6, 6.07) is 0. The molecule has 0 radical (unpaired) electrons. The van der Waals surface area contributed by atoms with E-state index in [9.17, 15) is 0 Å². The van der Waals surface area contributed by atoms with E-state index in [0.717, 1.165) is 0 Å². The first-order valence-corrected chi connectivity index (χ1v) is 4.91. The first-order chi connectivity index (χ1) is 5.55. The molecular formula is C8H15BrO3. The van der Waals surface area contributed by atoms with Crippen molar-refractivity contribution in [2.75, 3.05) is 20.3 Å². The third kappa shape index (κ3) is 2.69. The van der Waals surface area contributed by atoms with Gasteiger partial charge in [-0.1, -0.05) is 15.9 Å². The molecule has 0 aliphatic carbocycles. The van der Waals surface area contributed by atoms with Crippen LogP contribution in [-0.2, 0) is 14.2 Å². The Kier molecular flexibility index (Phi) is 3.52. The van der Waals surface area contributed by atoms with Crippen LogP contribution in [0.25, 0.3) is 0 Å². The van der Waals surface area contributed by atoms with Crippen LogP contribution in [0.3, 0.4) is 0 Å². The van der Waals surface area contributed by atoms with Gasteiger partial charge in [-0.2, -0.15) is 0 Å². The summed E-state index contributed by atoms with van der Waals surface area (Å²) >= 11 is 3.49. The Balaban J connectivity index is 2.36. The van der Waals surface area contributed by atoms with Crippen molar-refractivity contribution in [3.63, 3.8) is 0 Å². The van der Waals surface area contributed by atoms with E-state index < -0.39 is 5.79 Å². The van der Waals surface area contributed by atoms with Crippen LogP contribution >= 0.6 is 15.9 Å². The number of hydrogen-bond donors (Lipinski definition) is 0. The highest BCUT2D eigenvalue weighted by atomic mass is 79.9. The van der Waals surface area contributed by atoms with E-state index in [4.69, 9.17) is 14.2 Å². The monoisotopic (exact) mass is 238 g/mol. The van der Waals surface area contributed by atoms with Gasteiger partial charge in [0.05, 0.1) is 24.1 Å². The molecular weight excluding hydrogens is 224 g/mol. The van der Waals surface area contributed by atoms with Crippen LogP contribution < -0.4 is 0 Å². The van der Waals surface area contributed by atoms with Crippen LogP contribution in [0.4, 0.5) is 0 Å². The van der Waals surface area contributed by atoms with E-state index in [1.807, 2.05) is 13.8 Å². The lowest BCUT2D eigenvalue weighted by Crippen LogP contribution is -2.29. The normalized spacial score (nSPS) is 30.5. The summed E-state index contributed by atoms with van der Waals surface area (Å²) in [5.74, 6) is -0.440. The molecule has 1 aliphatic heterocycles. The number of halogens is 1. The summed E-state index contributed by atoms with van der Waals surface area (Å²) in [7, 11) is 1.68. The first-order valence-electron chi connectivity index (χ1n) is 4.00. The molecule has 1 saturated heterocycles. The molecule has 3 nitrogen and oxygen atoms in total. The van der Waals surface area contributed by atoms with Crippen LogP contribution in [0.1, 0.15) is 13.8 Å². The van der Waals surface area contributed by atoms with Crippen LogP contribution in [0, 0.1) is 0 Å². The first kappa shape index (κ1) is 10.4. The van der Waals surface area contributed by atoms with Gasteiger partial charge in [0, 0.05) is 7.11 Å². The number of hydrogen-bond acceptors (Lipinski definition) is 3. The van der Waals surface area contributed by atoms with Gasteiger partial charge in [-0.15, -0.1) is 0 Å². The zero-order chi connectivity index (χ0) is 9.19. The molecule has 1 rings (SSSR count). The Morgan fingerprint density at radius 2 is 2.33 bits per heavy atom. The van der Waals surface area contributed by atoms with Crippen molar-refractivity contribution < 1.29 is 14.2 Å². The van der Waals surface area contributed by atoms with E-state index >= 15 is 0 Å². The highest BCUT2D eigenvalue weighted by Gasteiger charge is 2.36. The lowest BCUT2D eigenvalue weighted by Gasteiger charge is -2.19. The topological polar surface area (TPSA) is 27.7 Å². The highest BCUT2D eigenvalue weighted by molar-refractivity contribution is 9.09. The molecule has 0 bridgehead atoms. The molecule has 72 valence electrons. The number of ether oxygens (including phenoxy) is 3. The van der Waals surface area contributed by atoms with Gasteiger partial charge in [-0.05, 0) is 13.8 Å². The van der Waals surface area contributed by atoms with E-state index in [-0.39, 0.29) is 10.9 Å². The van der Waals surface area contributed by atoms with E-state index in [1.165, 1.54) is 0 Å². The molecule has 4 heteroatoms. The van der Waals surface area contributed by atoms with E-state index in [2.05, 4.69) is 15.9 Å². The minimum Gasteiger partial charge on any atom is -0.383 e. The maximum atomic E-state index is 5.61. The molecule has 1 fully saturated rings. The summed E-state index contributed by atoms with van der Waals surface area (Å²) in [6.45, 7) is 5.11. The highest BCUT2D eigenvalue weighted by Crippen LogP contribution is 2.26. The second-order valence-corrected chi connectivity index (χ2v) is 4.51. The lowest BCUT2D eigenvalue weighted by atomic mass is 10.3. The van der Waals surface area contributed by atoms with Crippen LogP contribution in [0.15, 0.2) is 0 Å². The number of methoxy groups -OCH3 is 1. The molecule has 0 saturated carbocycles. The van der Waals surface area contributed by atoms with E-state index in [0.29, 0.717) is 13.2 Å². The maximum Gasteiger partial charge on any atom is 0.163 e. The Hall–Kier alpha value is 0.360. The molecule has 0 aromatic carbocycles. The van der Waals surface area contributed by atoms with Crippen molar-refractivity contribution in [3.8, 4) is 0 Å². The van der Waals surface area contributed by atoms with Crippen molar-refractivity contribution in [3.05, 3.63) is 0 Å². The van der Waals surface area contributed by atoms with Gasteiger partial charge in [0.2, 0.25) is 0 Å². The van der Waals surface area contributed by atoms with Gasteiger partial charge in [-0.25, -0.2) is 0 Å². The largest absolute Gasteiger partial charge is 0.383 e. The van der Waals surface area contributed by atoms with E-state index in [1.54, 1.807) is 7.11 Å². The summed E-state index contributed by atoms with van der Waals surface area (Å²) in [4.78, 5) is 0.212. The van der Waals surface area contributed by atoms with Crippen LogP contribution in [0.2, 0.25) is 0 Å². The third-order valence-electron chi connectivity index (χ3n) is 1.76. The number of rotatable bonds is 3. The molecule has 1 aliphatic rings. The third-order valence-corrected chi connectivity index (χ3v) is 2.61. The van der Waals surface area contributed by atoms with Crippen LogP contribution in [0.5, 0.6) is 0 Å². The predicted octanol–water partition coefficient (Wildman–Crippen LogP) is 1.55. The quantitative estimate of drug-likeness (QED) is 0.699. The molecule has 2 atom stereocenters. The van der Waals surface area contributed by atoms with Gasteiger partial charge in [0.1, 0.15) is 0 Å². The summed E-state index contributed by atoms with van der Waals surface area (Å²) < 4.78 is 16.0. The average molecular weight is 239 g/mol. The Morgan fingerprint density at radius 1 is 1.67 bits per heavy atom. The smallest absolute Gasteiger partial charge is 0.163 e. The van der Waals surface area contributed by atoms with Crippen molar-refractivity contribution in [1.29, 1.82) is 0 Å². The fourth-order valence-electron chi connectivity index (χ4n) is 1.16. The predicted molar refractivity (Wildman–Crippen MR) is 49.5 cm³/mol. The summed E-state index contributed by atoms with van der Waals surface area (Å²) in [5, 5.41) is 0. The van der Waals surface area contributed by atoms with Crippen LogP contribution in [-0.4, -0.2) is 37.0 Å². The molecule has 0 N–H and O–H groups in total. The minimum atomic E-state index is -0.440. The maximum absolute atomic E-state index is 5.61. The molecule has 0 unspecified atom stereocenters. The summed E-state index contributed by atoms with van der Waals surface area (Å²) in [6.07, 6.45) is 0.0972. The zero-order valence-corrected chi connectivity index (χ0v) is 9.26. The fourth-order valence-corrected chi connectivity index (χ4v) is 1.69. The second-order valence-electron chi connectivity index (χ2n) is 3.34. The van der Waals surface area contributed by atoms with Crippen molar-refractivity contribution in [2.24, 2.45) is 0 Å². The van der Waals surface area contributed by atoms with Gasteiger partial charge in [-0.3, -0.25) is 0 Å². The number of alkyl halides is 1. The fraction of sp³-hybridized carbons (Fsp3) is 1.00. The van der Waals surface area contributed by atoms with Gasteiger partial charge < -0.3 is 14.2 Å². The second kappa shape index (κ2) is 4.05. The summed E-state index contributed by atoms with van der Waals surface area (Å²) in [5.41, 5.74) is 0. The van der Waals surface area contributed by atoms with Crippen molar-refractivity contribution >= 4 is 15.9 Å². The zero-order valence-electron chi connectivity index (χ0n) is 7.67. The van der Waals surface area contributed by atoms with Crippen molar-refractivity contribution in [1.82, 2.24) is 0 Å². The molecule has 0 spiro atoms. The Labute approximate surface area is 81.5 Å². The SMILES string of the molecule is COC[C@@H](Br)[C@H]1COC(C)(C)O1. The van der Waals surface area contributed by atoms with Gasteiger partial charge in [0.25, 0.3) is 0 Å². The average Bonchev–Trinajstić information content (AvgIpc) is 2.31. The lowest BCUT2D eigenvalue weighted by molar-refractivity contribution is -0.139. The Bertz CT molecular complexity index is 149. The molecule has 0 aromatic heterocycles. The molecule has 1 heterocycles. The standard InChI is InChI=1S/C8H15BrO3/c1-8(2)11-5-7(12-8)6(9)4-10-3/h6-7H,4-5H2,1-3H3/t6-,7-/m1/s1. The molecule has 0 amide bonds. The molecule has 0 aromatic rings.